The molecule has 1 atom stereocenters. The molecule has 4 nitrogen and oxygen atoms in total. The third-order valence-electron chi connectivity index (χ3n) is 4.13. The fraction of sp³-hybridized carbons (Fsp3) is 0.500. The number of thiophene rings is 1. The SMILES string of the molecule is Cc1ncsc1CN(C)CC1CCN(C(=O)c2cccs2)C1. The number of hydrogen-bond donors (Lipinski definition) is 0. The van der Waals surface area contributed by atoms with Crippen LogP contribution in [-0.4, -0.2) is 47.4 Å². The highest BCUT2D eigenvalue weighted by atomic mass is 32.1. The highest BCUT2D eigenvalue weighted by Crippen LogP contribution is 2.22. The van der Waals surface area contributed by atoms with Crippen molar-refractivity contribution in [2.75, 3.05) is 26.7 Å². The highest BCUT2D eigenvalue weighted by molar-refractivity contribution is 7.12. The first-order chi connectivity index (χ1) is 10.6. The molecule has 0 aromatic carbocycles. The van der Waals surface area contributed by atoms with Gasteiger partial charge >= 0.3 is 0 Å². The van der Waals surface area contributed by atoms with Crippen LogP contribution in [0.2, 0.25) is 0 Å². The molecule has 3 heterocycles. The molecule has 0 radical (unpaired) electrons. The summed E-state index contributed by atoms with van der Waals surface area (Å²) >= 11 is 3.25. The second-order valence-corrected chi connectivity index (χ2v) is 7.83. The predicted molar refractivity (Wildman–Crippen MR) is 91.5 cm³/mol. The molecule has 0 N–H and O–H groups in total. The normalized spacial score (nSPS) is 18.3. The molecule has 22 heavy (non-hydrogen) atoms. The molecular formula is C16H21N3OS2. The maximum Gasteiger partial charge on any atom is 0.263 e. The standard InChI is InChI=1S/C16H21N3OS2/c1-12-15(22-11-17-12)10-18(2)8-13-5-6-19(9-13)16(20)14-4-3-7-21-14/h3-4,7,11,13H,5-6,8-10H2,1-2H3. The Morgan fingerprint density at radius 2 is 2.36 bits per heavy atom. The Bertz CT molecular complexity index is 623. The lowest BCUT2D eigenvalue weighted by Crippen LogP contribution is -2.31. The molecule has 0 aliphatic carbocycles. The summed E-state index contributed by atoms with van der Waals surface area (Å²) in [5.41, 5.74) is 3.05. The van der Waals surface area contributed by atoms with Crippen molar-refractivity contribution in [3.63, 3.8) is 0 Å². The topological polar surface area (TPSA) is 36.4 Å². The summed E-state index contributed by atoms with van der Waals surface area (Å²) in [6, 6.07) is 3.86. The number of hydrogen-bond acceptors (Lipinski definition) is 5. The van der Waals surface area contributed by atoms with Gasteiger partial charge in [0.05, 0.1) is 16.1 Å². The zero-order valence-electron chi connectivity index (χ0n) is 13.0. The molecule has 1 aliphatic heterocycles. The van der Waals surface area contributed by atoms with E-state index in [1.807, 2.05) is 27.9 Å². The van der Waals surface area contributed by atoms with Crippen molar-refractivity contribution in [2.24, 2.45) is 5.92 Å². The Morgan fingerprint density at radius 3 is 3.05 bits per heavy atom. The van der Waals surface area contributed by atoms with Gasteiger partial charge in [0.2, 0.25) is 0 Å². The van der Waals surface area contributed by atoms with Crippen molar-refractivity contribution in [1.82, 2.24) is 14.8 Å². The third kappa shape index (κ3) is 3.56. The van der Waals surface area contributed by atoms with Crippen molar-refractivity contribution in [3.8, 4) is 0 Å². The number of rotatable bonds is 5. The van der Waals surface area contributed by atoms with Gasteiger partial charge in [0.1, 0.15) is 0 Å². The van der Waals surface area contributed by atoms with Crippen LogP contribution in [0.25, 0.3) is 0 Å². The first-order valence-corrected chi connectivity index (χ1v) is 9.29. The Morgan fingerprint density at radius 1 is 1.50 bits per heavy atom. The lowest BCUT2D eigenvalue weighted by Gasteiger charge is -2.21. The van der Waals surface area contributed by atoms with Gasteiger partial charge in [-0.3, -0.25) is 4.79 Å². The number of likely N-dealkylation sites (tertiary alicyclic amines) is 1. The molecule has 1 fully saturated rings. The fourth-order valence-corrected chi connectivity index (χ4v) is 4.50. The van der Waals surface area contributed by atoms with Crippen molar-refractivity contribution in [1.29, 1.82) is 0 Å². The zero-order chi connectivity index (χ0) is 15.5. The summed E-state index contributed by atoms with van der Waals surface area (Å²) in [5.74, 6) is 0.764. The van der Waals surface area contributed by atoms with Crippen LogP contribution in [0, 0.1) is 12.8 Å². The van der Waals surface area contributed by atoms with Crippen LogP contribution in [0.4, 0.5) is 0 Å². The second-order valence-electron chi connectivity index (χ2n) is 5.94. The lowest BCUT2D eigenvalue weighted by molar-refractivity contribution is 0.0789. The van der Waals surface area contributed by atoms with Crippen LogP contribution in [0.3, 0.4) is 0 Å². The van der Waals surface area contributed by atoms with E-state index >= 15 is 0 Å². The molecule has 2 aromatic heterocycles. The Labute approximate surface area is 139 Å². The van der Waals surface area contributed by atoms with Crippen LogP contribution in [0.5, 0.6) is 0 Å². The molecule has 6 heteroatoms. The largest absolute Gasteiger partial charge is 0.338 e. The number of nitrogens with zero attached hydrogens (tertiary/aromatic N) is 3. The summed E-state index contributed by atoms with van der Waals surface area (Å²) in [5, 5.41) is 1.96. The molecule has 118 valence electrons. The molecule has 1 amide bonds. The highest BCUT2D eigenvalue weighted by Gasteiger charge is 2.28. The lowest BCUT2D eigenvalue weighted by atomic mass is 10.1. The van der Waals surface area contributed by atoms with E-state index in [1.54, 1.807) is 11.3 Å². The first kappa shape index (κ1) is 15.6. The molecular weight excluding hydrogens is 314 g/mol. The quantitative estimate of drug-likeness (QED) is 0.842. The van der Waals surface area contributed by atoms with Crippen LogP contribution in [-0.2, 0) is 6.54 Å². The van der Waals surface area contributed by atoms with E-state index in [-0.39, 0.29) is 5.91 Å². The Balaban J connectivity index is 1.50. The summed E-state index contributed by atoms with van der Waals surface area (Å²) in [4.78, 5) is 23.2. The molecule has 1 saturated heterocycles. The van der Waals surface area contributed by atoms with Crippen molar-refractivity contribution in [2.45, 2.75) is 19.9 Å². The second kappa shape index (κ2) is 6.89. The number of carbonyl (C=O) groups excluding carboxylic acids is 1. The van der Waals surface area contributed by atoms with Gasteiger partial charge in [-0.05, 0) is 37.8 Å². The summed E-state index contributed by atoms with van der Waals surface area (Å²) in [6.45, 7) is 5.81. The maximum absolute atomic E-state index is 12.4. The number of aryl methyl sites for hydroxylation is 1. The van der Waals surface area contributed by atoms with Crippen LogP contribution in [0.15, 0.2) is 23.0 Å². The van der Waals surface area contributed by atoms with Gasteiger partial charge in [0, 0.05) is 31.1 Å². The average molecular weight is 335 g/mol. The van der Waals surface area contributed by atoms with Crippen LogP contribution in [0.1, 0.15) is 26.7 Å². The zero-order valence-corrected chi connectivity index (χ0v) is 14.6. The van der Waals surface area contributed by atoms with Gasteiger partial charge in [-0.2, -0.15) is 0 Å². The summed E-state index contributed by atoms with van der Waals surface area (Å²) < 4.78 is 0. The van der Waals surface area contributed by atoms with E-state index in [1.165, 1.54) is 16.2 Å². The third-order valence-corrected chi connectivity index (χ3v) is 5.91. The van der Waals surface area contributed by atoms with Gasteiger partial charge in [-0.25, -0.2) is 4.98 Å². The number of aromatic nitrogens is 1. The van der Waals surface area contributed by atoms with Crippen LogP contribution < -0.4 is 0 Å². The average Bonchev–Trinajstić information content (AvgIpc) is 3.21. The van der Waals surface area contributed by atoms with E-state index in [4.69, 9.17) is 0 Å². The Kier molecular flexibility index (Phi) is 4.90. The van der Waals surface area contributed by atoms with E-state index in [0.29, 0.717) is 5.92 Å². The van der Waals surface area contributed by atoms with Gasteiger partial charge in [-0.15, -0.1) is 22.7 Å². The number of thiazole rings is 1. The fourth-order valence-electron chi connectivity index (χ4n) is 2.95. The van der Waals surface area contributed by atoms with Crippen molar-refractivity contribution in [3.05, 3.63) is 38.5 Å². The van der Waals surface area contributed by atoms with E-state index in [9.17, 15) is 4.79 Å². The molecule has 0 saturated carbocycles. The summed E-state index contributed by atoms with van der Waals surface area (Å²) in [7, 11) is 2.16. The maximum atomic E-state index is 12.4. The van der Waals surface area contributed by atoms with Crippen LogP contribution >= 0.6 is 22.7 Å². The molecule has 2 aromatic rings. The number of carbonyl (C=O) groups is 1. The van der Waals surface area contributed by atoms with Crippen molar-refractivity contribution >= 4 is 28.6 Å². The van der Waals surface area contributed by atoms with Gasteiger partial charge < -0.3 is 9.80 Å². The molecule has 3 rings (SSSR count). The minimum Gasteiger partial charge on any atom is -0.338 e. The first-order valence-electron chi connectivity index (χ1n) is 7.53. The van der Waals surface area contributed by atoms with E-state index in [0.717, 1.165) is 43.2 Å². The monoisotopic (exact) mass is 335 g/mol. The van der Waals surface area contributed by atoms with Gasteiger partial charge in [-0.1, -0.05) is 6.07 Å². The molecule has 0 spiro atoms. The minimum absolute atomic E-state index is 0.193. The predicted octanol–water partition coefficient (Wildman–Crippen LogP) is 3.11. The number of amides is 1. The molecule has 1 aliphatic rings. The minimum atomic E-state index is 0.193. The Hall–Kier alpha value is -1.24. The van der Waals surface area contributed by atoms with Gasteiger partial charge in [0.15, 0.2) is 0 Å². The summed E-state index contributed by atoms with van der Waals surface area (Å²) in [6.07, 6.45) is 1.10. The van der Waals surface area contributed by atoms with Crippen molar-refractivity contribution < 1.29 is 4.79 Å². The van der Waals surface area contributed by atoms with E-state index < -0.39 is 0 Å². The molecule has 0 bridgehead atoms. The smallest absolute Gasteiger partial charge is 0.263 e. The van der Waals surface area contributed by atoms with Gasteiger partial charge in [0.25, 0.3) is 5.91 Å². The van der Waals surface area contributed by atoms with E-state index in [2.05, 4.69) is 23.9 Å². The molecule has 1 unspecified atom stereocenters.